The summed E-state index contributed by atoms with van der Waals surface area (Å²) in [7, 11) is 3.00. The van der Waals surface area contributed by atoms with Gasteiger partial charge in [0.2, 0.25) is 24.4 Å². The lowest BCUT2D eigenvalue weighted by atomic mass is 9.74. The molecule has 2 bridgehead atoms. The highest BCUT2D eigenvalue weighted by Gasteiger charge is 2.77. The van der Waals surface area contributed by atoms with Gasteiger partial charge in [-0.2, -0.15) is 0 Å². The molecule has 11 heteroatoms. The van der Waals surface area contributed by atoms with Crippen LogP contribution in [0.2, 0.25) is 0 Å². The fourth-order valence-corrected chi connectivity index (χ4v) is 7.78. The van der Waals surface area contributed by atoms with E-state index in [4.69, 9.17) is 23.7 Å². The second kappa shape index (κ2) is 11.1. The number of hydrogen-bond acceptors (Lipinski definition) is 9. The Bertz CT molecular complexity index is 1660. The van der Waals surface area contributed by atoms with Gasteiger partial charge in [0.1, 0.15) is 29.4 Å². The van der Waals surface area contributed by atoms with Crippen LogP contribution in [0.5, 0.6) is 28.7 Å². The Morgan fingerprint density at radius 3 is 2.43 bits per heavy atom. The Labute approximate surface area is 267 Å². The molecule has 0 radical (unpaired) electrons. The minimum atomic E-state index is -2.10. The third-order valence-electron chi connectivity index (χ3n) is 9.89. The summed E-state index contributed by atoms with van der Waals surface area (Å²) in [6, 6.07) is 17.7. The molecule has 0 aromatic heterocycles. The third kappa shape index (κ3) is 4.17. The third-order valence-corrected chi connectivity index (χ3v) is 9.89. The van der Waals surface area contributed by atoms with Crippen LogP contribution in [0.15, 0.2) is 60.7 Å². The number of aliphatic hydroxyl groups is 2. The van der Waals surface area contributed by atoms with E-state index in [1.165, 1.54) is 7.11 Å². The fraction of sp³-hybridized carbons (Fsp3) is 0.429. The average Bonchev–Trinajstić information content (AvgIpc) is 3.76. The molecule has 3 aliphatic heterocycles. The zero-order valence-corrected chi connectivity index (χ0v) is 26.2. The van der Waals surface area contributed by atoms with Gasteiger partial charge in [-0.3, -0.25) is 9.59 Å². The second-order valence-electron chi connectivity index (χ2n) is 12.6. The maximum Gasteiger partial charge on any atom is 0.232 e. The Kier molecular flexibility index (Phi) is 7.28. The minimum Gasteiger partial charge on any atom is -0.497 e. The van der Waals surface area contributed by atoms with Crippen LogP contribution in [-0.2, 0) is 20.8 Å². The molecule has 7 rings (SSSR count). The van der Waals surface area contributed by atoms with E-state index in [0.29, 0.717) is 42.0 Å². The van der Waals surface area contributed by atoms with Gasteiger partial charge in [-0.1, -0.05) is 56.3 Å². The number of hydrogen-bond donors (Lipinski definition) is 3. The predicted molar refractivity (Wildman–Crippen MR) is 165 cm³/mol. The molecule has 46 heavy (non-hydrogen) atoms. The van der Waals surface area contributed by atoms with Crippen molar-refractivity contribution in [2.75, 3.05) is 27.6 Å². The standard InChI is InChI=1S/C35H38N2O9/c1-19(2)31(38)36-25-11-8-16-37(25)32(39)28-26(20-9-6-5-7-10-20)34(41)27-23(17-24-29(30(27)43-4)45-18-44-24)46-35(28,33(34)40)21-12-14-22(42-3)15-13-21/h5-7,9-10,12-15,17,19,25-26,28,33,40-41H,8,11,16,18H2,1-4H3,(H,36,38)/t25?,26-,28+,33-,34+,35-/m0/s1. The molecule has 1 saturated carbocycles. The SMILES string of the molecule is COc1ccc([C@]23Oc4cc5c(c(OC)c4[C@](O)([C@@H](c4ccccc4)[C@@H]2C(=O)N2CCCC2NC(=O)C(C)C)[C@@H]3O)OCO5)cc1. The normalized spacial score (nSPS) is 28.9. The molecule has 2 fully saturated rings. The summed E-state index contributed by atoms with van der Waals surface area (Å²) in [4.78, 5) is 29.7. The highest BCUT2D eigenvalue weighted by atomic mass is 16.7. The Hall–Kier alpha value is -4.48. The van der Waals surface area contributed by atoms with Crippen molar-refractivity contribution in [1.82, 2.24) is 10.2 Å². The molecule has 3 heterocycles. The van der Waals surface area contributed by atoms with Crippen LogP contribution in [0.4, 0.5) is 0 Å². The van der Waals surface area contributed by atoms with Gasteiger partial charge in [-0.15, -0.1) is 0 Å². The van der Waals surface area contributed by atoms with Crippen LogP contribution in [0.1, 0.15) is 49.3 Å². The largest absolute Gasteiger partial charge is 0.497 e. The quantitative estimate of drug-likeness (QED) is 0.359. The van der Waals surface area contributed by atoms with E-state index in [0.717, 1.165) is 0 Å². The first-order chi connectivity index (χ1) is 22.2. The van der Waals surface area contributed by atoms with E-state index in [9.17, 15) is 15.0 Å². The number of amides is 2. The molecular formula is C35H38N2O9. The zero-order chi connectivity index (χ0) is 32.4. The highest BCUT2D eigenvalue weighted by Crippen LogP contribution is 2.70. The molecule has 1 unspecified atom stereocenters. The number of nitrogens with zero attached hydrogens (tertiary/aromatic N) is 1. The molecule has 2 amide bonds. The van der Waals surface area contributed by atoms with Gasteiger partial charge >= 0.3 is 0 Å². The topological polar surface area (TPSA) is 136 Å². The first-order valence-electron chi connectivity index (χ1n) is 15.6. The van der Waals surface area contributed by atoms with Gasteiger partial charge in [0, 0.05) is 24.4 Å². The monoisotopic (exact) mass is 630 g/mol. The van der Waals surface area contributed by atoms with Crippen molar-refractivity contribution in [3.8, 4) is 28.7 Å². The number of aliphatic hydroxyl groups excluding tert-OH is 1. The van der Waals surface area contributed by atoms with Gasteiger partial charge in [0.05, 0.1) is 25.7 Å². The van der Waals surface area contributed by atoms with Gasteiger partial charge in [0.25, 0.3) is 0 Å². The maximum atomic E-state index is 15.2. The number of nitrogens with one attached hydrogen (secondary N) is 1. The Balaban J connectivity index is 1.49. The Morgan fingerprint density at radius 2 is 1.76 bits per heavy atom. The number of carbonyl (C=O) groups is 2. The fourth-order valence-electron chi connectivity index (χ4n) is 7.78. The Morgan fingerprint density at radius 1 is 1.02 bits per heavy atom. The first-order valence-corrected chi connectivity index (χ1v) is 15.6. The van der Waals surface area contributed by atoms with E-state index >= 15 is 4.79 Å². The van der Waals surface area contributed by atoms with Gasteiger partial charge in [-0.05, 0) is 36.1 Å². The molecule has 3 aromatic carbocycles. The molecule has 3 N–H and O–H groups in total. The van der Waals surface area contributed by atoms with Crippen LogP contribution in [-0.4, -0.2) is 66.8 Å². The summed E-state index contributed by atoms with van der Waals surface area (Å²) < 4.78 is 29.6. The number of likely N-dealkylation sites (tertiary alicyclic amines) is 1. The van der Waals surface area contributed by atoms with Crippen LogP contribution in [0.3, 0.4) is 0 Å². The lowest BCUT2D eigenvalue weighted by Crippen LogP contribution is -2.58. The second-order valence-corrected chi connectivity index (χ2v) is 12.6. The van der Waals surface area contributed by atoms with E-state index in [-0.39, 0.29) is 47.3 Å². The summed E-state index contributed by atoms with van der Waals surface area (Å²) in [5, 5.41) is 28.8. The summed E-state index contributed by atoms with van der Waals surface area (Å²) in [5.41, 5.74) is -2.61. The van der Waals surface area contributed by atoms with Crippen molar-refractivity contribution in [3.63, 3.8) is 0 Å². The van der Waals surface area contributed by atoms with E-state index < -0.39 is 35.3 Å². The number of rotatable bonds is 7. The van der Waals surface area contributed by atoms with Crippen molar-refractivity contribution in [2.24, 2.45) is 11.8 Å². The number of ether oxygens (including phenoxy) is 5. The van der Waals surface area contributed by atoms with Gasteiger partial charge in [-0.25, -0.2) is 0 Å². The molecule has 11 nitrogen and oxygen atoms in total. The minimum absolute atomic E-state index is 0.0547. The van der Waals surface area contributed by atoms with Crippen LogP contribution in [0, 0.1) is 11.8 Å². The average molecular weight is 631 g/mol. The molecule has 1 saturated heterocycles. The van der Waals surface area contributed by atoms with Crippen molar-refractivity contribution in [1.29, 1.82) is 0 Å². The summed E-state index contributed by atoms with van der Waals surface area (Å²) in [6.07, 6.45) is -0.955. The van der Waals surface area contributed by atoms with Crippen LogP contribution >= 0.6 is 0 Å². The molecule has 3 aromatic rings. The smallest absolute Gasteiger partial charge is 0.232 e. The lowest BCUT2D eigenvalue weighted by molar-refractivity contribution is -0.163. The highest BCUT2D eigenvalue weighted by molar-refractivity contribution is 5.86. The molecule has 6 atom stereocenters. The van der Waals surface area contributed by atoms with E-state index in [1.807, 2.05) is 30.3 Å². The first kappa shape index (κ1) is 30.2. The number of methoxy groups -OCH3 is 2. The van der Waals surface area contributed by atoms with Crippen LogP contribution < -0.4 is 29.0 Å². The lowest BCUT2D eigenvalue weighted by Gasteiger charge is -2.45. The maximum absolute atomic E-state index is 15.2. The number of fused-ring (bicyclic) bond motifs is 5. The van der Waals surface area contributed by atoms with E-state index in [2.05, 4.69) is 5.32 Å². The van der Waals surface area contributed by atoms with Crippen molar-refractivity contribution >= 4 is 11.8 Å². The summed E-state index contributed by atoms with van der Waals surface area (Å²) in [6.45, 7) is 3.94. The number of benzene rings is 3. The molecule has 0 spiro atoms. The van der Waals surface area contributed by atoms with Gasteiger partial charge in [0.15, 0.2) is 17.1 Å². The van der Waals surface area contributed by atoms with Crippen molar-refractivity contribution < 1.29 is 43.5 Å². The predicted octanol–water partition coefficient (Wildman–Crippen LogP) is 3.40. The molecule has 242 valence electrons. The van der Waals surface area contributed by atoms with E-state index in [1.54, 1.807) is 56.2 Å². The van der Waals surface area contributed by atoms with Crippen LogP contribution in [0.25, 0.3) is 0 Å². The molecule has 4 aliphatic rings. The number of carbonyl (C=O) groups excluding carboxylic acids is 2. The van der Waals surface area contributed by atoms with Crippen molar-refractivity contribution in [2.45, 2.75) is 56.1 Å². The summed E-state index contributed by atoms with van der Waals surface area (Å²) >= 11 is 0. The zero-order valence-electron chi connectivity index (χ0n) is 26.2. The van der Waals surface area contributed by atoms with Crippen molar-refractivity contribution in [3.05, 3.63) is 77.4 Å². The molecule has 1 aliphatic carbocycles. The van der Waals surface area contributed by atoms with Gasteiger partial charge < -0.3 is 44.1 Å². The summed E-state index contributed by atoms with van der Waals surface area (Å²) in [5.74, 6) is -1.41. The molecular weight excluding hydrogens is 592 g/mol.